The fourth-order valence-electron chi connectivity index (χ4n) is 2.08. The molecule has 8 heteroatoms. The van der Waals surface area contributed by atoms with Gasteiger partial charge in [-0.05, 0) is 13.8 Å². The molecule has 0 radical (unpaired) electrons. The number of aromatic nitrogens is 5. The summed E-state index contributed by atoms with van der Waals surface area (Å²) in [5.41, 5.74) is 1.04. The maximum Gasteiger partial charge on any atom is 0.316 e. The van der Waals surface area contributed by atoms with Crippen LogP contribution in [0.15, 0.2) is 24.8 Å². The number of methoxy groups -OCH3 is 1. The van der Waals surface area contributed by atoms with Gasteiger partial charge in [-0.25, -0.2) is 19.3 Å². The lowest BCUT2D eigenvalue weighted by atomic mass is 10.1. The molecule has 0 bridgehead atoms. The molecule has 0 spiro atoms. The van der Waals surface area contributed by atoms with Crippen molar-refractivity contribution in [2.75, 3.05) is 19.0 Å². The second-order valence-corrected chi connectivity index (χ2v) is 5.69. The van der Waals surface area contributed by atoms with Crippen molar-refractivity contribution in [2.45, 2.75) is 19.5 Å². The van der Waals surface area contributed by atoms with Crippen molar-refractivity contribution in [1.82, 2.24) is 24.9 Å². The Hall–Kier alpha value is -2.77. The van der Waals surface area contributed by atoms with Crippen molar-refractivity contribution in [1.29, 1.82) is 0 Å². The minimum absolute atomic E-state index is 0.137. The molecule has 0 aliphatic heterocycles. The van der Waals surface area contributed by atoms with Gasteiger partial charge in [0.2, 0.25) is 5.95 Å². The number of halogens is 1. The summed E-state index contributed by atoms with van der Waals surface area (Å²) < 4.78 is 18.5. The standard InChI is InChI=1S/C15H17FN6O/c1-15(2,16)8-21-13-18-7-11-10(6-17-12(11)22-13)9-4-19-14(23-3)20-5-9/h4-7H,8H2,1-3H3,(H2,17,18,21,22). The maximum absolute atomic E-state index is 13.5. The van der Waals surface area contributed by atoms with Crippen molar-refractivity contribution < 1.29 is 9.13 Å². The highest BCUT2D eigenvalue weighted by molar-refractivity contribution is 5.93. The molecule has 120 valence electrons. The van der Waals surface area contributed by atoms with E-state index in [2.05, 4.69) is 30.2 Å². The number of H-pyrrole nitrogens is 1. The molecular formula is C15H17FN6O. The third-order valence-electron chi connectivity index (χ3n) is 3.22. The summed E-state index contributed by atoms with van der Waals surface area (Å²) in [7, 11) is 1.52. The Morgan fingerprint density at radius 2 is 1.96 bits per heavy atom. The SMILES string of the molecule is COc1ncc(-c2c[nH]c3nc(NCC(C)(C)F)ncc23)cn1. The Labute approximate surface area is 132 Å². The van der Waals surface area contributed by atoms with Gasteiger partial charge < -0.3 is 15.0 Å². The van der Waals surface area contributed by atoms with Crippen LogP contribution in [0.3, 0.4) is 0 Å². The second-order valence-electron chi connectivity index (χ2n) is 5.69. The zero-order chi connectivity index (χ0) is 16.4. The first kappa shape index (κ1) is 15.1. The first-order chi connectivity index (χ1) is 11.0. The minimum atomic E-state index is -1.33. The molecular weight excluding hydrogens is 299 g/mol. The Morgan fingerprint density at radius 1 is 1.22 bits per heavy atom. The fraction of sp³-hybridized carbons (Fsp3) is 0.333. The van der Waals surface area contributed by atoms with E-state index in [1.807, 2.05) is 6.20 Å². The molecule has 23 heavy (non-hydrogen) atoms. The summed E-state index contributed by atoms with van der Waals surface area (Å²) in [5.74, 6) is 0.377. The van der Waals surface area contributed by atoms with Gasteiger partial charge in [0.15, 0.2) is 0 Å². The lowest BCUT2D eigenvalue weighted by molar-refractivity contribution is 0.234. The van der Waals surface area contributed by atoms with E-state index < -0.39 is 5.67 Å². The van der Waals surface area contributed by atoms with Crippen LogP contribution in [0, 0.1) is 0 Å². The zero-order valence-electron chi connectivity index (χ0n) is 13.1. The molecule has 3 aromatic heterocycles. The number of ether oxygens (including phenoxy) is 1. The molecule has 3 heterocycles. The first-order valence-electron chi connectivity index (χ1n) is 7.09. The lowest BCUT2D eigenvalue weighted by Gasteiger charge is -2.14. The van der Waals surface area contributed by atoms with Crippen LogP contribution in [0.2, 0.25) is 0 Å². The van der Waals surface area contributed by atoms with Crippen LogP contribution < -0.4 is 10.1 Å². The Kier molecular flexibility index (Phi) is 3.81. The van der Waals surface area contributed by atoms with Gasteiger partial charge in [-0.15, -0.1) is 0 Å². The molecule has 0 aliphatic rings. The van der Waals surface area contributed by atoms with Crippen LogP contribution in [-0.2, 0) is 0 Å². The van der Waals surface area contributed by atoms with Gasteiger partial charge in [-0.1, -0.05) is 0 Å². The Morgan fingerprint density at radius 3 is 2.61 bits per heavy atom. The van der Waals surface area contributed by atoms with E-state index in [0.29, 0.717) is 17.6 Å². The monoisotopic (exact) mass is 316 g/mol. The largest absolute Gasteiger partial charge is 0.467 e. The van der Waals surface area contributed by atoms with E-state index in [-0.39, 0.29) is 6.54 Å². The fourth-order valence-corrected chi connectivity index (χ4v) is 2.08. The number of hydrogen-bond acceptors (Lipinski definition) is 6. The van der Waals surface area contributed by atoms with Crippen LogP contribution in [0.4, 0.5) is 10.3 Å². The summed E-state index contributed by atoms with van der Waals surface area (Å²) in [6.45, 7) is 3.13. The van der Waals surface area contributed by atoms with E-state index in [1.54, 1.807) is 18.6 Å². The van der Waals surface area contributed by atoms with Gasteiger partial charge in [-0.2, -0.15) is 4.98 Å². The number of nitrogens with zero attached hydrogens (tertiary/aromatic N) is 4. The highest BCUT2D eigenvalue weighted by atomic mass is 19.1. The molecule has 0 aliphatic carbocycles. The number of hydrogen-bond donors (Lipinski definition) is 2. The third-order valence-corrected chi connectivity index (χ3v) is 3.22. The number of fused-ring (bicyclic) bond motifs is 1. The van der Waals surface area contributed by atoms with E-state index >= 15 is 0 Å². The predicted molar refractivity (Wildman–Crippen MR) is 85.1 cm³/mol. The van der Waals surface area contributed by atoms with Crippen LogP contribution >= 0.6 is 0 Å². The molecule has 0 saturated carbocycles. The molecule has 0 saturated heterocycles. The van der Waals surface area contributed by atoms with Crippen molar-refractivity contribution >= 4 is 17.0 Å². The van der Waals surface area contributed by atoms with E-state index in [0.717, 1.165) is 16.5 Å². The number of alkyl halides is 1. The van der Waals surface area contributed by atoms with Crippen molar-refractivity contribution in [3.05, 3.63) is 24.8 Å². The molecule has 0 amide bonds. The van der Waals surface area contributed by atoms with E-state index in [4.69, 9.17) is 4.74 Å². The van der Waals surface area contributed by atoms with Crippen LogP contribution in [-0.4, -0.2) is 44.2 Å². The van der Waals surface area contributed by atoms with Gasteiger partial charge in [-0.3, -0.25) is 0 Å². The molecule has 0 unspecified atom stereocenters. The number of aromatic amines is 1. The number of anilines is 1. The van der Waals surface area contributed by atoms with Crippen LogP contribution in [0.5, 0.6) is 6.01 Å². The molecule has 0 atom stereocenters. The van der Waals surface area contributed by atoms with Gasteiger partial charge in [0, 0.05) is 41.3 Å². The Bertz CT molecular complexity index is 809. The summed E-state index contributed by atoms with van der Waals surface area (Å²) in [5, 5.41) is 3.72. The topological polar surface area (TPSA) is 88.6 Å². The highest BCUT2D eigenvalue weighted by Gasteiger charge is 2.16. The van der Waals surface area contributed by atoms with E-state index in [9.17, 15) is 4.39 Å². The van der Waals surface area contributed by atoms with Crippen molar-refractivity contribution in [3.63, 3.8) is 0 Å². The summed E-state index contributed by atoms with van der Waals surface area (Å²) in [6.07, 6.45) is 6.85. The summed E-state index contributed by atoms with van der Waals surface area (Å²) in [4.78, 5) is 19.8. The predicted octanol–water partition coefficient (Wildman–Crippen LogP) is 2.58. The molecule has 3 rings (SSSR count). The maximum atomic E-state index is 13.5. The number of rotatable bonds is 5. The third kappa shape index (κ3) is 3.36. The summed E-state index contributed by atoms with van der Waals surface area (Å²) in [6, 6.07) is 0.310. The highest BCUT2D eigenvalue weighted by Crippen LogP contribution is 2.27. The minimum Gasteiger partial charge on any atom is -0.467 e. The smallest absolute Gasteiger partial charge is 0.316 e. The first-order valence-corrected chi connectivity index (χ1v) is 7.09. The summed E-state index contributed by atoms with van der Waals surface area (Å²) >= 11 is 0. The lowest BCUT2D eigenvalue weighted by Crippen LogP contribution is -2.25. The van der Waals surface area contributed by atoms with Gasteiger partial charge in [0.1, 0.15) is 11.3 Å². The molecule has 7 nitrogen and oxygen atoms in total. The van der Waals surface area contributed by atoms with Gasteiger partial charge >= 0.3 is 6.01 Å². The quantitative estimate of drug-likeness (QED) is 0.752. The average Bonchev–Trinajstić information content (AvgIpc) is 2.95. The number of nitrogens with one attached hydrogen (secondary N) is 2. The molecule has 0 fully saturated rings. The van der Waals surface area contributed by atoms with Crippen LogP contribution in [0.1, 0.15) is 13.8 Å². The van der Waals surface area contributed by atoms with E-state index in [1.165, 1.54) is 21.0 Å². The van der Waals surface area contributed by atoms with Crippen LogP contribution in [0.25, 0.3) is 22.2 Å². The molecule has 0 aromatic carbocycles. The zero-order valence-corrected chi connectivity index (χ0v) is 13.1. The second kappa shape index (κ2) is 5.79. The molecule has 3 aromatic rings. The normalized spacial score (nSPS) is 11.7. The Balaban J connectivity index is 1.89. The van der Waals surface area contributed by atoms with Gasteiger partial charge in [0.25, 0.3) is 0 Å². The van der Waals surface area contributed by atoms with Crippen molar-refractivity contribution in [3.8, 4) is 17.1 Å². The van der Waals surface area contributed by atoms with Crippen molar-refractivity contribution in [2.24, 2.45) is 0 Å². The van der Waals surface area contributed by atoms with Gasteiger partial charge in [0.05, 0.1) is 13.7 Å². The average molecular weight is 316 g/mol. The molecule has 2 N–H and O–H groups in total.